The number of phosphoric acid groups is 1. The van der Waals surface area contributed by atoms with Gasteiger partial charge in [0.2, 0.25) is 0 Å². The zero-order valence-electron chi connectivity index (χ0n) is 49.9. The minimum atomic E-state index is -4.65. The zero-order valence-corrected chi connectivity index (χ0v) is 50.8. The summed E-state index contributed by atoms with van der Waals surface area (Å²) in [6, 6.07) is 0. The zero-order chi connectivity index (χ0) is 55.6. The van der Waals surface area contributed by atoms with Crippen LogP contribution in [0.25, 0.3) is 0 Å². The van der Waals surface area contributed by atoms with E-state index in [-0.39, 0.29) is 32.0 Å². The first-order valence-corrected chi connectivity index (χ1v) is 32.8. The minimum absolute atomic E-state index is 0.0356. The SMILES string of the molecule is CC/C=C\C/C=C\C/C=C\C/C=C\C/C=C\C/C=C\CCCCCCCCCCC(=O)OC(COC(=O)CCCCCCCCCCCCCCC/C=C\CCCCCCCCCC)COP(=O)([O-])OCC[N+](C)(C)C. The first kappa shape index (κ1) is 73.2. The highest BCUT2D eigenvalue weighted by atomic mass is 31.2. The summed E-state index contributed by atoms with van der Waals surface area (Å²) in [7, 11) is 1.16. The average molecular weight is 1080 g/mol. The van der Waals surface area contributed by atoms with Gasteiger partial charge in [0.1, 0.15) is 19.8 Å². The Bertz CT molecular complexity index is 1560. The second kappa shape index (κ2) is 56.9. The summed E-state index contributed by atoms with van der Waals surface area (Å²) in [5.41, 5.74) is 0. The van der Waals surface area contributed by atoms with E-state index in [1.807, 2.05) is 21.1 Å². The Morgan fingerprint density at radius 3 is 1.13 bits per heavy atom. The smallest absolute Gasteiger partial charge is 0.306 e. The van der Waals surface area contributed by atoms with Crippen LogP contribution in [0.2, 0.25) is 0 Å². The second-order valence-corrected chi connectivity index (χ2v) is 23.4. The molecular formula is C66H118NO8P. The molecule has 0 amide bonds. The van der Waals surface area contributed by atoms with E-state index in [2.05, 4.69) is 98.9 Å². The fourth-order valence-electron chi connectivity index (χ4n) is 8.60. The van der Waals surface area contributed by atoms with Crippen molar-refractivity contribution in [3.8, 4) is 0 Å². The van der Waals surface area contributed by atoms with Crippen LogP contribution in [0.4, 0.5) is 0 Å². The predicted molar refractivity (Wildman–Crippen MR) is 323 cm³/mol. The van der Waals surface area contributed by atoms with E-state index in [1.54, 1.807) is 0 Å². The number of rotatable bonds is 57. The topological polar surface area (TPSA) is 111 Å². The molecule has 2 unspecified atom stereocenters. The third-order valence-corrected chi connectivity index (χ3v) is 14.4. The standard InChI is InChI=1S/C66H118NO8P/c1-6-8-10-12-14-16-18-20-22-24-26-28-30-32-33-35-37-39-41-43-45-47-49-51-53-55-57-59-66(69)75-64(63-74-76(70,71)73-61-60-67(3,4)5)62-72-65(68)58-56-54-52-50-48-46-44-42-40-38-36-34-31-29-27-25-23-21-19-17-15-13-11-9-7-2/h8,10,14,16,20,22,25-28,32-33,37,39,64H,6-7,9,11-13,15,17-19,21,23-24,29-31,34-36,38,40-63H2,1-5H3/b10-8-,16-14-,22-20-,27-25-,28-26-,33-32-,39-37-. The Morgan fingerprint density at radius 1 is 0.421 bits per heavy atom. The lowest BCUT2D eigenvalue weighted by Gasteiger charge is -2.28. The fourth-order valence-corrected chi connectivity index (χ4v) is 9.33. The number of quaternary nitrogens is 1. The normalized spacial score (nSPS) is 13.8. The van der Waals surface area contributed by atoms with Crippen LogP contribution in [0.1, 0.15) is 271 Å². The summed E-state index contributed by atoms with van der Waals surface area (Å²) in [5.74, 6) is -0.839. The van der Waals surface area contributed by atoms with Gasteiger partial charge in [-0.25, -0.2) is 0 Å². The van der Waals surface area contributed by atoms with E-state index in [4.69, 9.17) is 18.5 Å². The summed E-state index contributed by atoms with van der Waals surface area (Å²) in [6.07, 6.45) is 76.3. The minimum Gasteiger partial charge on any atom is -0.756 e. The van der Waals surface area contributed by atoms with Crippen molar-refractivity contribution in [1.82, 2.24) is 0 Å². The van der Waals surface area contributed by atoms with E-state index < -0.39 is 26.5 Å². The summed E-state index contributed by atoms with van der Waals surface area (Å²) in [5, 5.41) is 0. The molecule has 0 aliphatic heterocycles. The summed E-state index contributed by atoms with van der Waals surface area (Å²) in [6.45, 7) is 4.14. The molecule has 0 N–H and O–H groups in total. The molecule has 0 radical (unpaired) electrons. The van der Waals surface area contributed by atoms with Crippen molar-refractivity contribution in [2.45, 2.75) is 277 Å². The van der Waals surface area contributed by atoms with Gasteiger partial charge in [0, 0.05) is 12.8 Å². The van der Waals surface area contributed by atoms with Gasteiger partial charge < -0.3 is 27.9 Å². The fraction of sp³-hybridized carbons (Fsp3) is 0.758. The van der Waals surface area contributed by atoms with Crippen LogP contribution in [0.15, 0.2) is 85.1 Å². The first-order chi connectivity index (χ1) is 37.0. The van der Waals surface area contributed by atoms with Crippen LogP contribution in [-0.2, 0) is 32.7 Å². The van der Waals surface area contributed by atoms with Crippen molar-refractivity contribution in [2.24, 2.45) is 0 Å². The molecule has 0 aromatic rings. The molecule has 0 aromatic carbocycles. The van der Waals surface area contributed by atoms with E-state index in [0.717, 1.165) is 83.5 Å². The van der Waals surface area contributed by atoms with Crippen LogP contribution < -0.4 is 4.89 Å². The maximum absolute atomic E-state index is 12.8. The van der Waals surface area contributed by atoms with Gasteiger partial charge in [-0.05, 0) is 89.9 Å². The lowest BCUT2D eigenvalue weighted by molar-refractivity contribution is -0.870. The van der Waals surface area contributed by atoms with E-state index in [0.29, 0.717) is 17.4 Å². The van der Waals surface area contributed by atoms with Crippen molar-refractivity contribution in [3.05, 3.63) is 85.1 Å². The highest BCUT2D eigenvalue weighted by Crippen LogP contribution is 2.38. The first-order valence-electron chi connectivity index (χ1n) is 31.3. The molecular weight excluding hydrogens is 966 g/mol. The highest BCUT2D eigenvalue weighted by Gasteiger charge is 2.22. The second-order valence-electron chi connectivity index (χ2n) is 22.0. The number of esters is 2. The Morgan fingerprint density at radius 2 is 0.750 bits per heavy atom. The molecule has 0 aromatic heterocycles. The van der Waals surface area contributed by atoms with Crippen molar-refractivity contribution >= 4 is 19.8 Å². The quantitative estimate of drug-likeness (QED) is 0.0195. The molecule has 0 saturated carbocycles. The van der Waals surface area contributed by atoms with Gasteiger partial charge in [0.05, 0.1) is 27.7 Å². The van der Waals surface area contributed by atoms with Gasteiger partial charge in [-0.3, -0.25) is 14.2 Å². The number of nitrogens with zero attached hydrogens (tertiary/aromatic N) is 1. The number of hydrogen-bond donors (Lipinski definition) is 0. The Balaban J connectivity index is 4.15. The molecule has 0 fully saturated rings. The van der Waals surface area contributed by atoms with Crippen molar-refractivity contribution in [2.75, 3.05) is 47.5 Å². The lowest BCUT2D eigenvalue weighted by atomic mass is 10.0. The number of carbonyl (C=O) groups is 2. The van der Waals surface area contributed by atoms with Crippen LogP contribution in [0.3, 0.4) is 0 Å². The maximum Gasteiger partial charge on any atom is 0.306 e. The molecule has 0 spiro atoms. The van der Waals surface area contributed by atoms with Gasteiger partial charge in [-0.15, -0.1) is 0 Å². The summed E-state index contributed by atoms with van der Waals surface area (Å²) >= 11 is 0. The summed E-state index contributed by atoms with van der Waals surface area (Å²) in [4.78, 5) is 38.0. The molecule has 10 heteroatoms. The number of likely N-dealkylation sites (N-methyl/N-ethyl adjacent to an activating group) is 1. The molecule has 9 nitrogen and oxygen atoms in total. The number of allylic oxidation sites excluding steroid dienone is 14. The van der Waals surface area contributed by atoms with Crippen molar-refractivity contribution in [3.63, 3.8) is 0 Å². The number of phosphoric ester groups is 1. The Labute approximate surface area is 469 Å². The highest BCUT2D eigenvalue weighted by molar-refractivity contribution is 7.45. The predicted octanol–water partition coefficient (Wildman–Crippen LogP) is 19.2. The van der Waals surface area contributed by atoms with Crippen LogP contribution in [-0.4, -0.2) is 70.0 Å². The molecule has 0 bridgehead atoms. The Hall–Kier alpha value is -2.81. The van der Waals surface area contributed by atoms with E-state index in [9.17, 15) is 19.0 Å². The van der Waals surface area contributed by atoms with Gasteiger partial charge in [0.15, 0.2) is 6.10 Å². The molecule has 440 valence electrons. The van der Waals surface area contributed by atoms with E-state index in [1.165, 1.54) is 154 Å². The Kier molecular flexibility index (Phi) is 54.8. The van der Waals surface area contributed by atoms with Gasteiger partial charge in [0.25, 0.3) is 7.82 Å². The van der Waals surface area contributed by atoms with Crippen LogP contribution in [0, 0.1) is 0 Å². The maximum atomic E-state index is 12.8. The molecule has 0 rings (SSSR count). The van der Waals surface area contributed by atoms with Crippen LogP contribution in [0.5, 0.6) is 0 Å². The average Bonchev–Trinajstić information content (AvgIpc) is 3.38. The lowest BCUT2D eigenvalue weighted by Crippen LogP contribution is -2.37. The number of hydrogen-bond acceptors (Lipinski definition) is 8. The third-order valence-electron chi connectivity index (χ3n) is 13.4. The van der Waals surface area contributed by atoms with Crippen LogP contribution >= 0.6 is 7.82 Å². The molecule has 0 heterocycles. The molecule has 76 heavy (non-hydrogen) atoms. The number of carbonyl (C=O) groups excluding carboxylic acids is 2. The van der Waals surface area contributed by atoms with E-state index >= 15 is 0 Å². The van der Waals surface area contributed by atoms with Gasteiger partial charge in [-0.1, -0.05) is 253 Å². The molecule has 0 saturated heterocycles. The molecule has 0 aliphatic carbocycles. The molecule has 0 aliphatic rings. The third kappa shape index (κ3) is 60.4. The monoisotopic (exact) mass is 1080 g/mol. The number of ether oxygens (including phenoxy) is 2. The largest absolute Gasteiger partial charge is 0.756 e. The van der Waals surface area contributed by atoms with Crippen molar-refractivity contribution in [1.29, 1.82) is 0 Å². The molecule has 2 atom stereocenters. The number of unbranched alkanes of at least 4 members (excludes halogenated alkanes) is 29. The van der Waals surface area contributed by atoms with Crippen molar-refractivity contribution < 1.29 is 42.1 Å². The van der Waals surface area contributed by atoms with Gasteiger partial charge in [-0.2, -0.15) is 0 Å². The van der Waals surface area contributed by atoms with Gasteiger partial charge >= 0.3 is 11.9 Å². The summed E-state index contributed by atoms with van der Waals surface area (Å²) < 4.78 is 34.2.